The second-order valence-corrected chi connectivity index (χ2v) is 7.21. The number of anilines is 2. The van der Waals surface area contributed by atoms with Crippen molar-refractivity contribution < 1.29 is 9.59 Å². The molecule has 1 aliphatic heterocycles. The molecule has 0 radical (unpaired) electrons. The summed E-state index contributed by atoms with van der Waals surface area (Å²) in [5.41, 5.74) is 1.86. The summed E-state index contributed by atoms with van der Waals surface area (Å²) in [6.45, 7) is 10.5. The van der Waals surface area contributed by atoms with Crippen molar-refractivity contribution in [1.29, 1.82) is 0 Å². The lowest BCUT2D eigenvalue weighted by Gasteiger charge is -2.19. The quantitative estimate of drug-likeness (QED) is 0.783. The first-order chi connectivity index (χ1) is 9.59. The summed E-state index contributed by atoms with van der Waals surface area (Å²) >= 11 is 0. The molecule has 0 aliphatic carbocycles. The fourth-order valence-electron chi connectivity index (χ4n) is 2.17. The number of carbonyl (C=O) groups is 2. The molecule has 21 heavy (non-hydrogen) atoms. The molecule has 0 saturated heterocycles. The van der Waals surface area contributed by atoms with Gasteiger partial charge in [-0.1, -0.05) is 20.8 Å². The van der Waals surface area contributed by atoms with Gasteiger partial charge in [0.2, 0.25) is 5.91 Å². The van der Waals surface area contributed by atoms with E-state index in [1.807, 2.05) is 26.0 Å². The number of benzene rings is 1. The topological polar surface area (TPSA) is 70.2 Å². The third-order valence-corrected chi connectivity index (χ3v) is 3.55. The van der Waals surface area contributed by atoms with Gasteiger partial charge in [-0.05, 0) is 43.0 Å². The number of hydrogen-bond donors (Lipinski definition) is 3. The molecular formula is C16H23N3O2. The highest BCUT2D eigenvalue weighted by Crippen LogP contribution is 2.38. The number of nitrogens with one attached hydrogen (secondary N) is 3. The molecule has 3 N–H and O–H groups in total. The van der Waals surface area contributed by atoms with Crippen molar-refractivity contribution in [3.05, 3.63) is 23.8 Å². The van der Waals surface area contributed by atoms with Gasteiger partial charge < -0.3 is 16.0 Å². The van der Waals surface area contributed by atoms with Gasteiger partial charge >= 0.3 is 6.03 Å². The molecule has 1 aromatic rings. The van der Waals surface area contributed by atoms with Crippen LogP contribution >= 0.6 is 0 Å². The van der Waals surface area contributed by atoms with Crippen LogP contribution in [0.5, 0.6) is 0 Å². The van der Waals surface area contributed by atoms with Crippen LogP contribution in [0.15, 0.2) is 18.2 Å². The number of amides is 3. The minimum atomic E-state index is -0.574. The van der Waals surface area contributed by atoms with Crippen molar-refractivity contribution in [3.63, 3.8) is 0 Å². The Hall–Kier alpha value is -2.04. The van der Waals surface area contributed by atoms with Gasteiger partial charge in [0, 0.05) is 17.9 Å². The zero-order valence-electron chi connectivity index (χ0n) is 13.3. The number of carbonyl (C=O) groups excluding carboxylic acids is 2. The number of hydrogen-bond acceptors (Lipinski definition) is 2. The Morgan fingerprint density at radius 2 is 1.95 bits per heavy atom. The maximum Gasteiger partial charge on any atom is 0.319 e. The molecule has 1 heterocycles. The molecule has 0 spiro atoms. The minimum absolute atomic E-state index is 0.0214. The lowest BCUT2D eigenvalue weighted by Crippen LogP contribution is -2.35. The van der Waals surface area contributed by atoms with E-state index in [0.29, 0.717) is 12.2 Å². The predicted molar refractivity (Wildman–Crippen MR) is 84.6 cm³/mol. The summed E-state index contributed by atoms with van der Waals surface area (Å²) in [4.78, 5) is 23.8. The highest BCUT2D eigenvalue weighted by atomic mass is 16.2. The van der Waals surface area contributed by atoms with Crippen LogP contribution < -0.4 is 16.0 Å². The SMILES string of the molecule is CC(C)(C)CNC(=O)Nc1ccc2c(c1)C(C)(C)C(=O)N2. The van der Waals surface area contributed by atoms with Crippen LogP contribution in [0.3, 0.4) is 0 Å². The lowest BCUT2D eigenvalue weighted by molar-refractivity contribution is -0.119. The van der Waals surface area contributed by atoms with Crippen molar-refractivity contribution >= 4 is 23.3 Å². The Morgan fingerprint density at radius 3 is 2.57 bits per heavy atom. The molecular weight excluding hydrogens is 266 g/mol. The van der Waals surface area contributed by atoms with Gasteiger partial charge in [0.05, 0.1) is 5.41 Å². The van der Waals surface area contributed by atoms with E-state index in [4.69, 9.17) is 0 Å². The second-order valence-electron chi connectivity index (χ2n) is 7.21. The third-order valence-electron chi connectivity index (χ3n) is 3.55. The Bertz CT molecular complexity index is 586. The summed E-state index contributed by atoms with van der Waals surface area (Å²) < 4.78 is 0. The number of urea groups is 1. The van der Waals surface area contributed by atoms with Crippen LogP contribution in [0.2, 0.25) is 0 Å². The van der Waals surface area contributed by atoms with Crippen LogP contribution in [0.25, 0.3) is 0 Å². The van der Waals surface area contributed by atoms with E-state index < -0.39 is 5.41 Å². The molecule has 2 rings (SSSR count). The summed E-state index contributed by atoms with van der Waals surface area (Å²) in [5.74, 6) is -0.0214. The van der Waals surface area contributed by atoms with E-state index in [2.05, 4.69) is 36.7 Å². The highest BCUT2D eigenvalue weighted by Gasteiger charge is 2.38. The van der Waals surface area contributed by atoms with Crippen molar-refractivity contribution in [3.8, 4) is 0 Å². The lowest BCUT2D eigenvalue weighted by atomic mass is 9.86. The average Bonchev–Trinajstić information content (AvgIpc) is 2.58. The molecule has 5 heteroatoms. The van der Waals surface area contributed by atoms with Crippen molar-refractivity contribution in [1.82, 2.24) is 5.32 Å². The first-order valence-corrected chi connectivity index (χ1v) is 7.10. The van der Waals surface area contributed by atoms with Gasteiger partial charge in [-0.2, -0.15) is 0 Å². The van der Waals surface area contributed by atoms with Crippen molar-refractivity contribution in [2.24, 2.45) is 5.41 Å². The van der Waals surface area contributed by atoms with E-state index in [-0.39, 0.29) is 17.4 Å². The molecule has 0 unspecified atom stereocenters. The molecule has 0 atom stereocenters. The van der Waals surface area contributed by atoms with Gasteiger partial charge in [0.15, 0.2) is 0 Å². The maximum atomic E-state index is 11.9. The van der Waals surface area contributed by atoms with Gasteiger partial charge in [-0.3, -0.25) is 4.79 Å². The van der Waals surface area contributed by atoms with E-state index in [9.17, 15) is 9.59 Å². The monoisotopic (exact) mass is 289 g/mol. The van der Waals surface area contributed by atoms with E-state index >= 15 is 0 Å². The fraction of sp³-hybridized carbons (Fsp3) is 0.500. The Labute approximate surface area is 125 Å². The molecule has 0 aromatic heterocycles. The molecule has 1 aromatic carbocycles. The predicted octanol–water partition coefficient (Wildman–Crippen LogP) is 3.08. The Kier molecular flexibility index (Phi) is 3.70. The number of fused-ring (bicyclic) bond motifs is 1. The highest BCUT2D eigenvalue weighted by molar-refractivity contribution is 6.06. The molecule has 3 amide bonds. The van der Waals surface area contributed by atoms with Crippen LogP contribution in [-0.2, 0) is 10.2 Å². The van der Waals surface area contributed by atoms with Gasteiger partial charge in [0.1, 0.15) is 0 Å². The normalized spacial score (nSPS) is 16.1. The van der Waals surface area contributed by atoms with Gasteiger partial charge in [-0.25, -0.2) is 4.79 Å². The van der Waals surface area contributed by atoms with E-state index in [0.717, 1.165) is 11.3 Å². The first kappa shape index (κ1) is 15.4. The zero-order chi connectivity index (χ0) is 15.8. The molecule has 0 bridgehead atoms. The van der Waals surface area contributed by atoms with Crippen LogP contribution in [0.4, 0.5) is 16.2 Å². The largest absolute Gasteiger partial charge is 0.337 e. The van der Waals surface area contributed by atoms with E-state index in [1.54, 1.807) is 6.07 Å². The zero-order valence-corrected chi connectivity index (χ0v) is 13.3. The number of rotatable bonds is 2. The first-order valence-electron chi connectivity index (χ1n) is 7.10. The maximum absolute atomic E-state index is 11.9. The summed E-state index contributed by atoms with van der Waals surface area (Å²) in [5, 5.41) is 8.49. The van der Waals surface area contributed by atoms with E-state index in [1.165, 1.54) is 0 Å². The Balaban J connectivity index is 2.09. The molecule has 0 fully saturated rings. The van der Waals surface area contributed by atoms with Crippen LogP contribution in [0, 0.1) is 5.41 Å². The third kappa shape index (κ3) is 3.35. The standard InChI is InChI=1S/C16H23N3O2/c1-15(2,3)9-17-14(21)18-10-6-7-12-11(8-10)16(4,5)13(20)19-12/h6-8H,9H2,1-5H3,(H,19,20)(H2,17,18,21). The smallest absolute Gasteiger partial charge is 0.319 e. The molecule has 1 aliphatic rings. The average molecular weight is 289 g/mol. The Morgan fingerprint density at radius 1 is 1.29 bits per heavy atom. The summed E-state index contributed by atoms with van der Waals surface area (Å²) in [6, 6.07) is 5.22. The molecule has 0 saturated carbocycles. The van der Waals surface area contributed by atoms with Gasteiger partial charge in [0.25, 0.3) is 0 Å². The fourth-order valence-corrected chi connectivity index (χ4v) is 2.17. The van der Waals surface area contributed by atoms with Crippen molar-refractivity contribution in [2.75, 3.05) is 17.2 Å². The van der Waals surface area contributed by atoms with Crippen LogP contribution in [0.1, 0.15) is 40.2 Å². The molecule has 114 valence electrons. The summed E-state index contributed by atoms with van der Waals surface area (Å²) in [6.07, 6.45) is 0. The second kappa shape index (κ2) is 5.06. The van der Waals surface area contributed by atoms with Crippen LogP contribution in [-0.4, -0.2) is 18.5 Å². The molecule has 5 nitrogen and oxygen atoms in total. The minimum Gasteiger partial charge on any atom is -0.337 e. The van der Waals surface area contributed by atoms with Crippen molar-refractivity contribution in [2.45, 2.75) is 40.0 Å². The van der Waals surface area contributed by atoms with Gasteiger partial charge in [-0.15, -0.1) is 0 Å². The summed E-state index contributed by atoms with van der Waals surface area (Å²) in [7, 11) is 0.